The van der Waals surface area contributed by atoms with E-state index in [1.165, 1.54) is 57.8 Å². The third-order valence-corrected chi connectivity index (χ3v) is 6.48. The van der Waals surface area contributed by atoms with E-state index in [2.05, 4.69) is 39.0 Å². The van der Waals surface area contributed by atoms with Crippen molar-refractivity contribution in [3.8, 4) is 0 Å². The molecular weight excluding hydrogens is 264 g/mol. The molecule has 0 nitrogen and oxygen atoms in total. The van der Waals surface area contributed by atoms with Crippen LogP contribution in [0.2, 0.25) is 0 Å². The SMILES string of the molecule is CCC(C)CC1CCc2cc(C3CCC(C)CC3)ccc2C1. The summed E-state index contributed by atoms with van der Waals surface area (Å²) in [6, 6.07) is 7.52. The molecule has 0 radical (unpaired) electrons. The summed E-state index contributed by atoms with van der Waals surface area (Å²) < 4.78 is 0. The van der Waals surface area contributed by atoms with Gasteiger partial charge in [-0.1, -0.05) is 58.2 Å². The van der Waals surface area contributed by atoms with Crippen LogP contribution in [0.15, 0.2) is 18.2 Å². The van der Waals surface area contributed by atoms with Gasteiger partial charge in [-0.15, -0.1) is 0 Å². The number of aryl methyl sites for hydroxylation is 1. The first-order valence-electron chi connectivity index (χ1n) is 9.77. The van der Waals surface area contributed by atoms with Gasteiger partial charge in [-0.25, -0.2) is 0 Å². The minimum absolute atomic E-state index is 0.847. The molecule has 0 saturated heterocycles. The van der Waals surface area contributed by atoms with E-state index in [4.69, 9.17) is 0 Å². The Morgan fingerprint density at radius 1 is 1.05 bits per heavy atom. The van der Waals surface area contributed by atoms with E-state index in [0.717, 1.165) is 23.7 Å². The maximum absolute atomic E-state index is 2.58. The molecule has 1 aromatic rings. The van der Waals surface area contributed by atoms with Crippen molar-refractivity contribution in [2.24, 2.45) is 17.8 Å². The fourth-order valence-corrected chi connectivity index (χ4v) is 4.63. The molecule has 2 aliphatic carbocycles. The van der Waals surface area contributed by atoms with E-state index in [-0.39, 0.29) is 0 Å². The average Bonchev–Trinajstić information content (AvgIpc) is 2.55. The Kier molecular flexibility index (Phi) is 5.26. The smallest absolute Gasteiger partial charge is 0.0162 e. The Bertz CT molecular complexity index is 479. The van der Waals surface area contributed by atoms with Gasteiger partial charge in [-0.05, 0) is 78.9 Å². The Labute approximate surface area is 137 Å². The highest BCUT2D eigenvalue weighted by Gasteiger charge is 2.23. The fourth-order valence-electron chi connectivity index (χ4n) is 4.63. The average molecular weight is 299 g/mol. The van der Waals surface area contributed by atoms with Crippen molar-refractivity contribution in [2.45, 2.75) is 84.5 Å². The van der Waals surface area contributed by atoms with Gasteiger partial charge >= 0.3 is 0 Å². The molecule has 0 spiro atoms. The van der Waals surface area contributed by atoms with Crippen LogP contribution in [0, 0.1) is 17.8 Å². The van der Waals surface area contributed by atoms with E-state index in [9.17, 15) is 0 Å². The quantitative estimate of drug-likeness (QED) is 0.593. The first-order valence-corrected chi connectivity index (χ1v) is 9.77. The fraction of sp³-hybridized carbons (Fsp3) is 0.727. The summed E-state index contributed by atoms with van der Waals surface area (Å²) in [7, 11) is 0. The van der Waals surface area contributed by atoms with E-state index in [1.54, 1.807) is 16.7 Å². The summed E-state index contributed by atoms with van der Waals surface area (Å²) in [4.78, 5) is 0. The highest BCUT2D eigenvalue weighted by Crippen LogP contribution is 2.38. The standard InChI is InChI=1S/C22H34/c1-4-16(2)13-18-7-10-22-15-21(12-11-20(22)14-18)19-8-5-17(3)6-9-19/h11-12,15-19H,4-10,13-14H2,1-3H3. The van der Waals surface area contributed by atoms with Gasteiger partial charge in [0.05, 0.1) is 0 Å². The molecule has 22 heavy (non-hydrogen) atoms. The molecule has 122 valence electrons. The summed E-state index contributed by atoms with van der Waals surface area (Å²) in [5.41, 5.74) is 4.98. The van der Waals surface area contributed by atoms with Crippen LogP contribution in [0.4, 0.5) is 0 Å². The summed E-state index contributed by atoms with van der Waals surface area (Å²) >= 11 is 0. The van der Waals surface area contributed by atoms with Gasteiger partial charge in [0.1, 0.15) is 0 Å². The molecule has 3 rings (SSSR count). The van der Waals surface area contributed by atoms with Crippen LogP contribution in [0.3, 0.4) is 0 Å². The minimum Gasteiger partial charge on any atom is -0.0651 e. The molecule has 2 aliphatic rings. The topological polar surface area (TPSA) is 0 Å². The number of hydrogen-bond acceptors (Lipinski definition) is 0. The zero-order valence-electron chi connectivity index (χ0n) is 14.9. The number of rotatable bonds is 4. The molecule has 0 N–H and O–H groups in total. The molecule has 2 unspecified atom stereocenters. The van der Waals surface area contributed by atoms with Crippen LogP contribution in [-0.4, -0.2) is 0 Å². The predicted molar refractivity (Wildman–Crippen MR) is 96.4 cm³/mol. The molecule has 0 aliphatic heterocycles. The lowest BCUT2D eigenvalue weighted by Gasteiger charge is -2.30. The minimum atomic E-state index is 0.847. The van der Waals surface area contributed by atoms with Crippen LogP contribution in [0.5, 0.6) is 0 Å². The van der Waals surface area contributed by atoms with Crippen LogP contribution < -0.4 is 0 Å². The van der Waals surface area contributed by atoms with Gasteiger partial charge in [0.2, 0.25) is 0 Å². The van der Waals surface area contributed by atoms with Gasteiger partial charge < -0.3 is 0 Å². The normalized spacial score (nSPS) is 29.9. The van der Waals surface area contributed by atoms with Crippen LogP contribution in [0.25, 0.3) is 0 Å². The molecule has 1 saturated carbocycles. The van der Waals surface area contributed by atoms with Crippen molar-refractivity contribution >= 4 is 0 Å². The summed E-state index contributed by atoms with van der Waals surface area (Å²) in [5, 5.41) is 0. The Hall–Kier alpha value is -0.780. The lowest BCUT2D eigenvalue weighted by atomic mass is 9.76. The second-order valence-corrected chi connectivity index (χ2v) is 8.34. The van der Waals surface area contributed by atoms with Crippen molar-refractivity contribution in [3.63, 3.8) is 0 Å². The first-order chi connectivity index (χ1) is 10.7. The van der Waals surface area contributed by atoms with Gasteiger partial charge in [0, 0.05) is 0 Å². The largest absolute Gasteiger partial charge is 0.0651 e. The Balaban J connectivity index is 1.65. The van der Waals surface area contributed by atoms with Crippen LogP contribution in [0.1, 0.15) is 88.3 Å². The van der Waals surface area contributed by atoms with Gasteiger partial charge in [-0.3, -0.25) is 0 Å². The maximum Gasteiger partial charge on any atom is -0.0162 e. The Morgan fingerprint density at radius 2 is 1.82 bits per heavy atom. The molecule has 0 heteroatoms. The number of benzene rings is 1. The summed E-state index contributed by atoms with van der Waals surface area (Å²) in [6.07, 6.45) is 12.5. The van der Waals surface area contributed by atoms with Gasteiger partial charge in [0.15, 0.2) is 0 Å². The Morgan fingerprint density at radius 3 is 2.55 bits per heavy atom. The van der Waals surface area contributed by atoms with Gasteiger partial charge in [-0.2, -0.15) is 0 Å². The highest BCUT2D eigenvalue weighted by atomic mass is 14.3. The molecule has 0 amide bonds. The van der Waals surface area contributed by atoms with E-state index in [0.29, 0.717) is 0 Å². The second kappa shape index (κ2) is 7.20. The third kappa shape index (κ3) is 3.76. The molecule has 0 bridgehead atoms. The van der Waals surface area contributed by atoms with Crippen molar-refractivity contribution in [2.75, 3.05) is 0 Å². The monoisotopic (exact) mass is 298 g/mol. The first kappa shape index (κ1) is 16.1. The van der Waals surface area contributed by atoms with Crippen LogP contribution >= 0.6 is 0 Å². The van der Waals surface area contributed by atoms with E-state index in [1.807, 2.05) is 0 Å². The van der Waals surface area contributed by atoms with Crippen molar-refractivity contribution < 1.29 is 0 Å². The summed E-state index contributed by atoms with van der Waals surface area (Å²) in [5.74, 6) is 3.63. The van der Waals surface area contributed by atoms with E-state index < -0.39 is 0 Å². The van der Waals surface area contributed by atoms with Crippen molar-refractivity contribution in [1.82, 2.24) is 0 Å². The lowest BCUT2D eigenvalue weighted by Crippen LogP contribution is -2.17. The molecule has 1 fully saturated rings. The molecule has 0 heterocycles. The van der Waals surface area contributed by atoms with Gasteiger partial charge in [0.25, 0.3) is 0 Å². The molecular formula is C22H34. The third-order valence-electron chi connectivity index (χ3n) is 6.48. The van der Waals surface area contributed by atoms with Crippen LogP contribution in [-0.2, 0) is 12.8 Å². The number of hydrogen-bond donors (Lipinski definition) is 0. The van der Waals surface area contributed by atoms with Crippen molar-refractivity contribution in [1.29, 1.82) is 0 Å². The second-order valence-electron chi connectivity index (χ2n) is 8.34. The lowest BCUT2D eigenvalue weighted by molar-refractivity contribution is 0.344. The molecule has 2 atom stereocenters. The van der Waals surface area contributed by atoms with E-state index >= 15 is 0 Å². The van der Waals surface area contributed by atoms with Crippen molar-refractivity contribution in [3.05, 3.63) is 34.9 Å². The number of fused-ring (bicyclic) bond motifs is 1. The summed E-state index contributed by atoms with van der Waals surface area (Å²) in [6.45, 7) is 7.17. The zero-order valence-corrected chi connectivity index (χ0v) is 14.9. The maximum atomic E-state index is 2.58. The highest BCUT2D eigenvalue weighted by molar-refractivity contribution is 5.36. The zero-order chi connectivity index (χ0) is 15.5. The molecule has 0 aromatic heterocycles. The molecule has 1 aromatic carbocycles. The predicted octanol–water partition coefficient (Wildman–Crippen LogP) is 6.52.